The highest BCUT2D eigenvalue weighted by molar-refractivity contribution is 6.35. The number of halogens is 2. The maximum absolute atomic E-state index is 6.01. The van der Waals surface area contributed by atoms with E-state index in [2.05, 4.69) is 5.43 Å². The van der Waals surface area contributed by atoms with Crippen molar-refractivity contribution in [3.63, 3.8) is 0 Å². The van der Waals surface area contributed by atoms with Crippen molar-refractivity contribution in [3.05, 3.63) is 58.8 Å². The van der Waals surface area contributed by atoms with Crippen molar-refractivity contribution in [3.8, 4) is 0 Å². The summed E-state index contributed by atoms with van der Waals surface area (Å²) in [5.41, 5.74) is 3.89. The number of nitrogens with one attached hydrogen (secondary N) is 1. The van der Waals surface area contributed by atoms with Crippen molar-refractivity contribution in [2.75, 3.05) is 5.43 Å². The molecule has 0 bridgehead atoms. The third-order valence-electron chi connectivity index (χ3n) is 1.89. The van der Waals surface area contributed by atoms with Crippen LogP contribution in [0.5, 0.6) is 0 Å². The van der Waals surface area contributed by atoms with Gasteiger partial charge in [0, 0.05) is 17.2 Å². The van der Waals surface area contributed by atoms with Crippen molar-refractivity contribution in [2.45, 2.75) is 0 Å². The fourth-order valence-electron chi connectivity index (χ4n) is 1.20. The Morgan fingerprint density at radius 1 is 1.00 bits per heavy atom. The summed E-state index contributed by atoms with van der Waals surface area (Å²) in [6.45, 7) is 0. The number of rotatable bonds is 2. The van der Waals surface area contributed by atoms with Gasteiger partial charge in [-0.1, -0.05) is 33.9 Å². The normalized spacial score (nSPS) is 10.0. The first-order valence-corrected chi connectivity index (χ1v) is 5.20. The summed E-state index contributed by atoms with van der Waals surface area (Å²) in [4.78, 5) is 0. The molecule has 4 heteroatoms. The van der Waals surface area contributed by atoms with Crippen molar-refractivity contribution in [2.24, 2.45) is 0 Å². The molecule has 0 amide bonds. The molecule has 0 atom stereocenters. The third kappa shape index (κ3) is 2.61. The molecule has 0 aliphatic heterocycles. The highest BCUT2D eigenvalue weighted by atomic mass is 35.5. The van der Waals surface area contributed by atoms with Crippen LogP contribution in [-0.2, 0) is 0 Å². The minimum atomic E-state index is 0.635. The number of anilines is 1. The highest BCUT2D eigenvalue weighted by Crippen LogP contribution is 2.24. The minimum Gasteiger partial charge on any atom is -0.159 e. The SMILES string of the molecule is Clc1ccc(Cl)c(N[n+]2ccccc2)c1. The van der Waals surface area contributed by atoms with E-state index in [1.807, 2.05) is 30.6 Å². The van der Waals surface area contributed by atoms with Crippen LogP contribution in [0.4, 0.5) is 5.69 Å². The third-order valence-corrected chi connectivity index (χ3v) is 2.46. The van der Waals surface area contributed by atoms with Crippen LogP contribution in [0.2, 0.25) is 10.0 Å². The fourth-order valence-corrected chi connectivity index (χ4v) is 1.53. The predicted octanol–water partition coefficient (Wildman–Crippen LogP) is 3.16. The average molecular weight is 240 g/mol. The van der Waals surface area contributed by atoms with E-state index in [1.165, 1.54) is 0 Å². The van der Waals surface area contributed by atoms with Gasteiger partial charge in [0.25, 0.3) is 0 Å². The van der Waals surface area contributed by atoms with Crippen LogP contribution in [0.3, 0.4) is 0 Å². The monoisotopic (exact) mass is 239 g/mol. The Kier molecular flexibility index (Phi) is 3.09. The van der Waals surface area contributed by atoms with Gasteiger partial charge in [-0.15, -0.1) is 0 Å². The van der Waals surface area contributed by atoms with Gasteiger partial charge in [0.1, 0.15) is 5.69 Å². The maximum Gasteiger partial charge on any atom is 0.199 e. The van der Waals surface area contributed by atoms with Gasteiger partial charge in [-0.2, -0.15) is 5.43 Å². The Morgan fingerprint density at radius 3 is 2.47 bits per heavy atom. The number of aromatic nitrogens is 1. The van der Waals surface area contributed by atoms with Gasteiger partial charge in [-0.25, -0.2) is 0 Å². The van der Waals surface area contributed by atoms with Crippen LogP contribution in [-0.4, -0.2) is 0 Å². The lowest BCUT2D eigenvalue weighted by Crippen LogP contribution is -2.41. The smallest absolute Gasteiger partial charge is 0.159 e. The number of benzene rings is 1. The van der Waals surface area contributed by atoms with Gasteiger partial charge in [-0.3, -0.25) is 0 Å². The standard InChI is InChI=1S/C11H9Cl2N2/c12-9-4-5-10(13)11(8-9)14-15-6-2-1-3-7-15/h1-8,14H/q+1. The molecule has 2 aromatic rings. The topological polar surface area (TPSA) is 15.9 Å². The van der Waals surface area contributed by atoms with E-state index in [9.17, 15) is 0 Å². The Morgan fingerprint density at radius 2 is 1.73 bits per heavy atom. The number of nitrogens with zero attached hydrogens (tertiary/aromatic N) is 1. The first-order valence-electron chi connectivity index (χ1n) is 4.44. The van der Waals surface area contributed by atoms with E-state index in [4.69, 9.17) is 23.2 Å². The molecule has 1 aromatic heterocycles. The molecular formula is C11H9Cl2N2+. The van der Waals surface area contributed by atoms with E-state index in [-0.39, 0.29) is 0 Å². The Labute approximate surface area is 98.0 Å². The van der Waals surface area contributed by atoms with Gasteiger partial charge < -0.3 is 0 Å². The molecule has 15 heavy (non-hydrogen) atoms. The molecule has 1 aromatic carbocycles. The second-order valence-corrected chi connectivity index (χ2v) is 3.86. The molecule has 0 saturated carbocycles. The van der Waals surface area contributed by atoms with Crippen LogP contribution in [0.15, 0.2) is 48.8 Å². The average Bonchev–Trinajstić information content (AvgIpc) is 2.25. The van der Waals surface area contributed by atoms with Crippen LogP contribution < -0.4 is 10.1 Å². The molecule has 0 spiro atoms. The molecular weight excluding hydrogens is 231 g/mol. The first kappa shape index (κ1) is 10.3. The largest absolute Gasteiger partial charge is 0.199 e. The van der Waals surface area contributed by atoms with Gasteiger partial charge in [0.15, 0.2) is 12.4 Å². The summed E-state index contributed by atoms with van der Waals surface area (Å²) >= 11 is 11.9. The molecule has 0 unspecified atom stereocenters. The van der Waals surface area contributed by atoms with E-state index in [0.717, 1.165) is 5.69 Å². The summed E-state index contributed by atoms with van der Waals surface area (Å²) < 4.78 is 1.80. The summed E-state index contributed by atoms with van der Waals surface area (Å²) in [7, 11) is 0. The summed E-state index contributed by atoms with van der Waals surface area (Å²) in [6, 6.07) is 11.1. The summed E-state index contributed by atoms with van der Waals surface area (Å²) in [5.74, 6) is 0. The lowest BCUT2D eigenvalue weighted by Gasteiger charge is -2.02. The predicted molar refractivity (Wildman–Crippen MR) is 62.1 cm³/mol. The maximum atomic E-state index is 6.01. The van der Waals surface area contributed by atoms with Gasteiger partial charge >= 0.3 is 0 Å². The fraction of sp³-hybridized carbons (Fsp3) is 0. The number of hydrogen-bond acceptors (Lipinski definition) is 1. The molecule has 0 radical (unpaired) electrons. The van der Waals surface area contributed by atoms with Crippen LogP contribution in [0.25, 0.3) is 0 Å². The van der Waals surface area contributed by atoms with E-state index in [0.29, 0.717) is 10.0 Å². The quantitative estimate of drug-likeness (QED) is 0.797. The zero-order chi connectivity index (χ0) is 10.7. The van der Waals surface area contributed by atoms with E-state index >= 15 is 0 Å². The molecule has 1 N–H and O–H groups in total. The second-order valence-electron chi connectivity index (χ2n) is 3.02. The molecule has 2 nitrogen and oxygen atoms in total. The molecule has 0 fully saturated rings. The molecule has 1 heterocycles. The van der Waals surface area contributed by atoms with Crippen molar-refractivity contribution in [1.29, 1.82) is 0 Å². The lowest BCUT2D eigenvalue weighted by atomic mass is 10.3. The number of hydrogen-bond donors (Lipinski definition) is 1. The first-order chi connectivity index (χ1) is 7.25. The highest BCUT2D eigenvalue weighted by Gasteiger charge is 2.05. The lowest BCUT2D eigenvalue weighted by molar-refractivity contribution is -0.642. The van der Waals surface area contributed by atoms with Gasteiger partial charge in [0.05, 0.1) is 5.02 Å². The molecule has 2 rings (SSSR count). The second kappa shape index (κ2) is 4.51. The molecule has 0 saturated heterocycles. The number of pyridine rings is 1. The van der Waals surface area contributed by atoms with Crippen LogP contribution in [0, 0.1) is 0 Å². The Hall–Kier alpha value is -1.25. The minimum absolute atomic E-state index is 0.635. The van der Waals surface area contributed by atoms with E-state index in [1.54, 1.807) is 22.9 Å². The van der Waals surface area contributed by atoms with Crippen LogP contribution in [0.1, 0.15) is 0 Å². The van der Waals surface area contributed by atoms with Crippen LogP contribution >= 0.6 is 23.2 Å². The van der Waals surface area contributed by atoms with Crippen molar-refractivity contribution >= 4 is 28.9 Å². The zero-order valence-corrected chi connectivity index (χ0v) is 9.33. The Bertz CT molecular complexity index is 457. The molecule has 0 aliphatic rings. The van der Waals surface area contributed by atoms with Gasteiger partial charge in [0.2, 0.25) is 0 Å². The molecule has 76 valence electrons. The summed E-state index contributed by atoms with van der Waals surface area (Å²) in [6.07, 6.45) is 3.77. The van der Waals surface area contributed by atoms with Crippen molar-refractivity contribution < 1.29 is 4.68 Å². The Balaban J connectivity index is 2.28. The van der Waals surface area contributed by atoms with E-state index < -0.39 is 0 Å². The van der Waals surface area contributed by atoms with Gasteiger partial charge in [-0.05, 0) is 18.2 Å². The zero-order valence-electron chi connectivity index (χ0n) is 7.82. The molecule has 0 aliphatic carbocycles. The van der Waals surface area contributed by atoms with Crippen molar-refractivity contribution in [1.82, 2.24) is 0 Å². The summed E-state index contributed by atoms with van der Waals surface area (Å²) in [5, 5.41) is 1.29.